The van der Waals surface area contributed by atoms with E-state index < -0.39 is 0 Å². The fourth-order valence-electron chi connectivity index (χ4n) is 0.289. The van der Waals surface area contributed by atoms with Gasteiger partial charge in [0.25, 0.3) is 0 Å². The number of hydrogen-bond donors (Lipinski definition) is 0. The molecule has 0 amide bonds. The summed E-state index contributed by atoms with van der Waals surface area (Å²) in [6.07, 6.45) is 4.92. The Morgan fingerprint density at radius 1 is 1.00 bits per heavy atom. The van der Waals surface area contributed by atoms with Crippen molar-refractivity contribution < 1.29 is 0 Å². The van der Waals surface area contributed by atoms with Crippen molar-refractivity contribution in [2.45, 2.75) is 34.6 Å². The standard InChI is InChI=1S/C6H10.C5H8/c1-4-5-6(2)3;1-4-5(2)3/h6H,1-3H3;1,5H,2-3H3. The number of rotatable bonds is 0. The van der Waals surface area contributed by atoms with Crippen molar-refractivity contribution in [2.24, 2.45) is 11.8 Å². The molecule has 0 unspecified atom stereocenters. The van der Waals surface area contributed by atoms with Gasteiger partial charge in [0, 0.05) is 11.8 Å². The molecule has 0 atom stereocenters. The van der Waals surface area contributed by atoms with Crippen LogP contribution in [0.4, 0.5) is 0 Å². The first kappa shape index (κ1) is 12.8. The third-order valence-electron chi connectivity index (χ3n) is 0.766. The molecule has 0 aliphatic rings. The minimum absolute atomic E-state index is 0.412. The van der Waals surface area contributed by atoms with E-state index in [4.69, 9.17) is 6.42 Å². The minimum Gasteiger partial charge on any atom is -0.120 e. The summed E-state index contributed by atoms with van der Waals surface area (Å²) in [6, 6.07) is 0. The van der Waals surface area contributed by atoms with Crippen molar-refractivity contribution >= 4 is 0 Å². The van der Waals surface area contributed by atoms with Gasteiger partial charge >= 0.3 is 0 Å². The van der Waals surface area contributed by atoms with Gasteiger partial charge < -0.3 is 0 Å². The second-order valence-corrected chi connectivity index (χ2v) is 2.87. The van der Waals surface area contributed by atoms with E-state index >= 15 is 0 Å². The van der Waals surface area contributed by atoms with E-state index in [1.54, 1.807) is 0 Å². The van der Waals surface area contributed by atoms with Gasteiger partial charge in [-0.05, 0) is 6.92 Å². The van der Waals surface area contributed by atoms with Crippen LogP contribution in [0.5, 0.6) is 0 Å². The highest BCUT2D eigenvalue weighted by atomic mass is 13.8. The monoisotopic (exact) mass is 150 g/mol. The lowest BCUT2D eigenvalue weighted by Crippen LogP contribution is -1.74. The molecule has 0 spiro atoms. The van der Waals surface area contributed by atoms with Crippen molar-refractivity contribution in [3.8, 4) is 24.2 Å². The molecule has 0 aromatic carbocycles. The van der Waals surface area contributed by atoms with Crippen LogP contribution in [0.2, 0.25) is 0 Å². The molecule has 0 aromatic rings. The summed E-state index contributed by atoms with van der Waals surface area (Å²) in [5, 5.41) is 0. The van der Waals surface area contributed by atoms with Crippen molar-refractivity contribution in [3.63, 3.8) is 0 Å². The lowest BCUT2D eigenvalue weighted by Gasteiger charge is -1.82. The molecular formula is C11H18. The van der Waals surface area contributed by atoms with Gasteiger partial charge in [-0.3, -0.25) is 0 Å². The Bertz CT molecular complexity index is 157. The maximum absolute atomic E-state index is 4.92. The maximum atomic E-state index is 4.92. The second kappa shape index (κ2) is 9.12. The summed E-state index contributed by atoms with van der Waals surface area (Å²) in [5.74, 6) is 9.25. The van der Waals surface area contributed by atoms with Crippen LogP contribution in [0.1, 0.15) is 34.6 Å². The van der Waals surface area contributed by atoms with Crippen molar-refractivity contribution in [2.75, 3.05) is 0 Å². The first-order valence-corrected chi connectivity index (χ1v) is 3.93. The van der Waals surface area contributed by atoms with Gasteiger partial charge in [-0.25, -0.2) is 0 Å². The third kappa shape index (κ3) is 27.2. The Hall–Kier alpha value is -0.880. The largest absolute Gasteiger partial charge is 0.120 e. The lowest BCUT2D eigenvalue weighted by atomic mass is 10.2. The van der Waals surface area contributed by atoms with Gasteiger partial charge in [-0.1, -0.05) is 27.7 Å². The maximum Gasteiger partial charge on any atom is 0.0146 e. The molecule has 0 rings (SSSR count). The molecule has 0 saturated heterocycles. The van der Waals surface area contributed by atoms with E-state index in [9.17, 15) is 0 Å². The molecule has 0 heteroatoms. The molecule has 11 heavy (non-hydrogen) atoms. The SMILES string of the molecule is C#CC(C)C.CC#CC(C)C. The van der Waals surface area contributed by atoms with Crippen LogP contribution in [0.3, 0.4) is 0 Å². The zero-order chi connectivity index (χ0) is 9.28. The van der Waals surface area contributed by atoms with Crippen LogP contribution in [-0.4, -0.2) is 0 Å². The average Bonchev–Trinajstić information content (AvgIpc) is 1.89. The van der Waals surface area contributed by atoms with Crippen molar-refractivity contribution in [1.82, 2.24) is 0 Å². The Balaban J connectivity index is 0. The van der Waals surface area contributed by atoms with Gasteiger partial charge in [0.2, 0.25) is 0 Å². The first-order chi connectivity index (χ1) is 5.04. The fraction of sp³-hybridized carbons (Fsp3) is 0.636. The van der Waals surface area contributed by atoms with Crippen molar-refractivity contribution in [3.05, 3.63) is 0 Å². The summed E-state index contributed by atoms with van der Waals surface area (Å²) in [5.41, 5.74) is 0. The molecule has 0 heterocycles. The normalized spacial score (nSPS) is 7.45. The Kier molecular flexibility index (Phi) is 10.6. The second-order valence-electron chi connectivity index (χ2n) is 2.87. The summed E-state index contributed by atoms with van der Waals surface area (Å²) >= 11 is 0. The summed E-state index contributed by atoms with van der Waals surface area (Å²) in [6.45, 7) is 9.99. The summed E-state index contributed by atoms with van der Waals surface area (Å²) in [4.78, 5) is 0. The van der Waals surface area contributed by atoms with Crippen LogP contribution < -0.4 is 0 Å². The average molecular weight is 150 g/mol. The van der Waals surface area contributed by atoms with Crippen LogP contribution in [0.25, 0.3) is 0 Å². The lowest BCUT2D eigenvalue weighted by molar-refractivity contribution is 0.866. The molecule has 0 saturated carbocycles. The van der Waals surface area contributed by atoms with Gasteiger partial charge in [-0.15, -0.1) is 24.2 Å². The smallest absolute Gasteiger partial charge is 0.0146 e. The molecule has 0 fully saturated rings. The molecule has 62 valence electrons. The molecular weight excluding hydrogens is 132 g/mol. The minimum atomic E-state index is 0.412. The number of terminal acetylenes is 1. The Morgan fingerprint density at radius 2 is 1.36 bits per heavy atom. The van der Waals surface area contributed by atoms with E-state index in [-0.39, 0.29) is 0 Å². The van der Waals surface area contributed by atoms with E-state index in [0.717, 1.165) is 0 Å². The molecule has 0 nitrogen and oxygen atoms in total. The highest BCUT2D eigenvalue weighted by Crippen LogP contribution is 1.83. The summed E-state index contributed by atoms with van der Waals surface area (Å²) < 4.78 is 0. The fourth-order valence-corrected chi connectivity index (χ4v) is 0.289. The quantitative estimate of drug-likeness (QED) is 0.466. The molecule has 0 N–H and O–H groups in total. The van der Waals surface area contributed by atoms with Crippen LogP contribution in [0.15, 0.2) is 0 Å². The molecule has 0 aromatic heterocycles. The van der Waals surface area contributed by atoms with Gasteiger partial charge in [0.05, 0.1) is 0 Å². The zero-order valence-electron chi connectivity index (χ0n) is 8.23. The van der Waals surface area contributed by atoms with E-state index in [1.165, 1.54) is 0 Å². The molecule has 0 bridgehead atoms. The predicted molar refractivity (Wildman–Crippen MR) is 52.0 cm³/mol. The van der Waals surface area contributed by atoms with Crippen molar-refractivity contribution in [1.29, 1.82) is 0 Å². The number of hydrogen-bond acceptors (Lipinski definition) is 0. The molecule has 0 aliphatic heterocycles. The third-order valence-corrected chi connectivity index (χ3v) is 0.766. The Labute approximate surface area is 71.4 Å². The Morgan fingerprint density at radius 3 is 1.36 bits per heavy atom. The summed E-state index contributed by atoms with van der Waals surface area (Å²) in [7, 11) is 0. The van der Waals surface area contributed by atoms with Gasteiger partial charge in [-0.2, -0.15) is 0 Å². The van der Waals surface area contributed by atoms with Crippen LogP contribution in [0, 0.1) is 36.0 Å². The predicted octanol–water partition coefficient (Wildman–Crippen LogP) is 2.94. The molecule has 0 radical (unpaired) electrons. The van der Waals surface area contributed by atoms with E-state index in [2.05, 4.69) is 31.6 Å². The zero-order valence-corrected chi connectivity index (χ0v) is 8.23. The first-order valence-electron chi connectivity index (χ1n) is 3.93. The molecule has 0 aliphatic carbocycles. The highest BCUT2D eigenvalue weighted by Gasteiger charge is 1.75. The van der Waals surface area contributed by atoms with Gasteiger partial charge in [0.15, 0.2) is 0 Å². The highest BCUT2D eigenvalue weighted by molar-refractivity contribution is 4.97. The van der Waals surface area contributed by atoms with Gasteiger partial charge in [0.1, 0.15) is 0 Å². The van der Waals surface area contributed by atoms with Crippen LogP contribution >= 0.6 is 0 Å². The topological polar surface area (TPSA) is 0 Å². The van der Waals surface area contributed by atoms with E-state index in [1.807, 2.05) is 20.8 Å². The van der Waals surface area contributed by atoms with Crippen LogP contribution in [-0.2, 0) is 0 Å². The van der Waals surface area contributed by atoms with E-state index in [0.29, 0.717) is 11.8 Å².